The third kappa shape index (κ3) is 2.13. The molecule has 1 aliphatic heterocycles. The second kappa shape index (κ2) is 4.37. The number of pyridine rings is 1. The molecule has 2 heterocycles. The van der Waals surface area contributed by atoms with Gasteiger partial charge in [0.1, 0.15) is 6.61 Å². The van der Waals surface area contributed by atoms with Crippen molar-refractivity contribution in [2.24, 2.45) is 0 Å². The lowest BCUT2D eigenvalue weighted by Gasteiger charge is -2.25. The molecule has 0 aliphatic carbocycles. The van der Waals surface area contributed by atoms with Crippen LogP contribution in [0.3, 0.4) is 0 Å². The molecular weight excluding hydrogens is 282 g/mol. The second-order valence-electron chi connectivity index (χ2n) is 3.78. The molecular formula is C13H10BrNO2. The molecule has 86 valence electrons. The summed E-state index contributed by atoms with van der Waals surface area (Å²) in [4.78, 5) is 4.16. The van der Waals surface area contributed by atoms with Crippen LogP contribution in [-0.4, -0.2) is 11.6 Å². The van der Waals surface area contributed by atoms with Gasteiger partial charge in [0.15, 0.2) is 11.9 Å². The van der Waals surface area contributed by atoms with Gasteiger partial charge >= 0.3 is 0 Å². The van der Waals surface area contributed by atoms with Crippen molar-refractivity contribution in [3.8, 4) is 11.6 Å². The molecule has 3 nitrogen and oxygen atoms in total. The Bertz CT molecular complexity index is 544. The standard InChI is InChI=1S/C13H10BrNO2/c14-10-4-1-3-9(7-10)12-8-16-11-5-2-6-15-13(11)17-12/h1-7,12H,8H2/t12-/m0/s1. The number of hydrogen-bond donors (Lipinski definition) is 0. The maximum absolute atomic E-state index is 5.82. The molecule has 1 aliphatic rings. The van der Waals surface area contributed by atoms with Crippen LogP contribution in [-0.2, 0) is 0 Å². The Kier molecular flexibility index (Phi) is 2.73. The summed E-state index contributed by atoms with van der Waals surface area (Å²) in [6.45, 7) is 0.509. The summed E-state index contributed by atoms with van der Waals surface area (Å²) in [5.74, 6) is 1.27. The van der Waals surface area contributed by atoms with Crippen molar-refractivity contribution in [2.45, 2.75) is 6.10 Å². The van der Waals surface area contributed by atoms with Gasteiger partial charge in [0.2, 0.25) is 0 Å². The van der Waals surface area contributed by atoms with E-state index in [0.717, 1.165) is 10.0 Å². The molecule has 2 aromatic rings. The average Bonchev–Trinajstić information content (AvgIpc) is 2.38. The number of benzene rings is 1. The molecule has 0 unspecified atom stereocenters. The molecule has 0 saturated heterocycles. The van der Waals surface area contributed by atoms with E-state index >= 15 is 0 Å². The van der Waals surface area contributed by atoms with Crippen molar-refractivity contribution in [2.75, 3.05) is 6.61 Å². The van der Waals surface area contributed by atoms with Crippen LogP contribution < -0.4 is 9.47 Å². The van der Waals surface area contributed by atoms with Crippen LogP contribution in [0.15, 0.2) is 47.1 Å². The molecule has 0 fully saturated rings. The van der Waals surface area contributed by atoms with Crippen molar-refractivity contribution in [3.63, 3.8) is 0 Å². The van der Waals surface area contributed by atoms with Crippen molar-refractivity contribution in [1.29, 1.82) is 0 Å². The fourth-order valence-electron chi connectivity index (χ4n) is 1.78. The van der Waals surface area contributed by atoms with Crippen LogP contribution in [0.1, 0.15) is 11.7 Å². The van der Waals surface area contributed by atoms with Crippen LogP contribution >= 0.6 is 15.9 Å². The molecule has 17 heavy (non-hydrogen) atoms. The predicted molar refractivity (Wildman–Crippen MR) is 67.2 cm³/mol. The topological polar surface area (TPSA) is 31.4 Å². The Balaban J connectivity index is 1.89. The van der Waals surface area contributed by atoms with Gasteiger partial charge in [-0.2, -0.15) is 0 Å². The highest BCUT2D eigenvalue weighted by Gasteiger charge is 2.23. The predicted octanol–water partition coefficient (Wildman–Crippen LogP) is 3.36. The third-order valence-corrected chi connectivity index (χ3v) is 3.09. The van der Waals surface area contributed by atoms with Gasteiger partial charge in [-0.3, -0.25) is 0 Å². The van der Waals surface area contributed by atoms with Crippen LogP contribution in [0, 0.1) is 0 Å². The zero-order valence-electron chi connectivity index (χ0n) is 8.97. The molecule has 0 saturated carbocycles. The normalized spacial score (nSPS) is 17.8. The smallest absolute Gasteiger partial charge is 0.257 e. The summed E-state index contributed by atoms with van der Waals surface area (Å²) in [5.41, 5.74) is 1.08. The molecule has 0 bridgehead atoms. The molecule has 0 N–H and O–H groups in total. The van der Waals surface area contributed by atoms with Gasteiger partial charge in [0.05, 0.1) is 0 Å². The van der Waals surface area contributed by atoms with Gasteiger partial charge in [-0.25, -0.2) is 4.98 Å². The summed E-state index contributed by atoms with van der Waals surface area (Å²) in [6.07, 6.45) is 1.60. The molecule has 1 aromatic carbocycles. The summed E-state index contributed by atoms with van der Waals surface area (Å²) in [5, 5.41) is 0. The van der Waals surface area contributed by atoms with Gasteiger partial charge in [-0.1, -0.05) is 28.1 Å². The van der Waals surface area contributed by atoms with E-state index in [4.69, 9.17) is 9.47 Å². The Morgan fingerprint density at radius 2 is 2.18 bits per heavy atom. The zero-order chi connectivity index (χ0) is 11.7. The number of aromatic nitrogens is 1. The van der Waals surface area contributed by atoms with E-state index in [1.54, 1.807) is 6.20 Å². The molecule has 4 heteroatoms. The molecule has 0 spiro atoms. The minimum atomic E-state index is -0.102. The van der Waals surface area contributed by atoms with Crippen molar-refractivity contribution in [3.05, 3.63) is 52.6 Å². The quantitative estimate of drug-likeness (QED) is 0.807. The van der Waals surface area contributed by atoms with Crippen LogP contribution in [0.2, 0.25) is 0 Å². The first kappa shape index (κ1) is 10.6. The third-order valence-electron chi connectivity index (χ3n) is 2.60. The summed E-state index contributed by atoms with van der Waals surface area (Å²) in [6, 6.07) is 11.7. The molecule has 1 atom stereocenters. The van der Waals surface area contributed by atoms with E-state index < -0.39 is 0 Å². The lowest BCUT2D eigenvalue weighted by molar-refractivity contribution is 0.0850. The lowest BCUT2D eigenvalue weighted by Crippen LogP contribution is -2.22. The highest BCUT2D eigenvalue weighted by Crippen LogP contribution is 2.34. The first-order chi connectivity index (χ1) is 8.33. The number of nitrogens with zero attached hydrogens (tertiary/aromatic N) is 1. The van der Waals surface area contributed by atoms with Crippen LogP contribution in [0.5, 0.6) is 11.6 Å². The maximum Gasteiger partial charge on any atom is 0.257 e. The number of fused-ring (bicyclic) bond motifs is 1. The average molecular weight is 292 g/mol. The molecule has 3 rings (SSSR count). The van der Waals surface area contributed by atoms with E-state index in [0.29, 0.717) is 18.2 Å². The van der Waals surface area contributed by atoms with E-state index in [2.05, 4.69) is 20.9 Å². The Morgan fingerprint density at radius 1 is 1.24 bits per heavy atom. The van der Waals surface area contributed by atoms with Gasteiger partial charge < -0.3 is 9.47 Å². The largest absolute Gasteiger partial charge is 0.484 e. The van der Waals surface area contributed by atoms with Crippen molar-refractivity contribution < 1.29 is 9.47 Å². The van der Waals surface area contributed by atoms with Crippen molar-refractivity contribution >= 4 is 15.9 Å². The molecule has 1 aromatic heterocycles. The highest BCUT2D eigenvalue weighted by molar-refractivity contribution is 9.10. The second-order valence-corrected chi connectivity index (χ2v) is 4.69. The van der Waals surface area contributed by atoms with Crippen LogP contribution in [0.25, 0.3) is 0 Å². The Labute approximate surface area is 108 Å². The number of ether oxygens (including phenoxy) is 2. The van der Waals surface area contributed by atoms with Gasteiger partial charge in [0.25, 0.3) is 5.88 Å². The minimum Gasteiger partial charge on any atom is -0.484 e. The summed E-state index contributed by atoms with van der Waals surface area (Å²) in [7, 11) is 0. The van der Waals surface area contributed by atoms with Crippen molar-refractivity contribution in [1.82, 2.24) is 4.98 Å². The fourth-order valence-corrected chi connectivity index (χ4v) is 2.20. The SMILES string of the molecule is Brc1cccc([C@@H]2COc3cccnc3O2)c1. The van der Waals surface area contributed by atoms with E-state index in [-0.39, 0.29) is 6.10 Å². The van der Waals surface area contributed by atoms with Crippen LogP contribution in [0.4, 0.5) is 0 Å². The maximum atomic E-state index is 5.82. The monoisotopic (exact) mass is 291 g/mol. The Hall–Kier alpha value is -1.55. The van der Waals surface area contributed by atoms with Gasteiger partial charge in [-0.05, 0) is 29.8 Å². The number of rotatable bonds is 1. The molecule has 0 radical (unpaired) electrons. The summed E-state index contributed by atoms with van der Waals surface area (Å²) < 4.78 is 12.5. The Morgan fingerprint density at radius 3 is 3.06 bits per heavy atom. The first-order valence-corrected chi connectivity index (χ1v) is 6.12. The summed E-state index contributed by atoms with van der Waals surface area (Å²) >= 11 is 3.45. The number of hydrogen-bond acceptors (Lipinski definition) is 3. The van der Waals surface area contributed by atoms with E-state index in [9.17, 15) is 0 Å². The highest BCUT2D eigenvalue weighted by atomic mass is 79.9. The van der Waals surface area contributed by atoms with Gasteiger partial charge in [0, 0.05) is 10.7 Å². The van der Waals surface area contributed by atoms with Gasteiger partial charge in [-0.15, -0.1) is 0 Å². The molecule has 0 amide bonds. The van der Waals surface area contributed by atoms with E-state index in [1.807, 2.05) is 36.4 Å². The lowest BCUT2D eigenvalue weighted by atomic mass is 10.1. The minimum absolute atomic E-state index is 0.102. The fraction of sp³-hybridized carbons (Fsp3) is 0.154. The first-order valence-electron chi connectivity index (χ1n) is 5.33. The number of halogens is 1. The zero-order valence-corrected chi connectivity index (χ0v) is 10.6. The van der Waals surface area contributed by atoms with E-state index in [1.165, 1.54) is 0 Å².